The zero-order chi connectivity index (χ0) is 14.4. The number of nitrogens with one attached hydrogen (secondary N) is 1. The third-order valence-electron chi connectivity index (χ3n) is 5.31. The van der Waals surface area contributed by atoms with Crippen molar-refractivity contribution < 1.29 is 8.42 Å². The van der Waals surface area contributed by atoms with Crippen molar-refractivity contribution in [2.75, 3.05) is 26.2 Å². The summed E-state index contributed by atoms with van der Waals surface area (Å²) in [5.74, 6) is 0.995. The van der Waals surface area contributed by atoms with E-state index in [1.165, 1.54) is 24.0 Å². The molecule has 114 valence electrons. The number of hydrogen-bond donors (Lipinski definition) is 1. The summed E-state index contributed by atoms with van der Waals surface area (Å²) in [6, 6.07) is 5.77. The van der Waals surface area contributed by atoms with E-state index in [4.69, 9.17) is 0 Å². The molecule has 2 fully saturated rings. The first-order chi connectivity index (χ1) is 10.1. The number of benzene rings is 1. The van der Waals surface area contributed by atoms with E-state index in [1.54, 1.807) is 4.31 Å². The first-order valence-corrected chi connectivity index (χ1v) is 9.41. The van der Waals surface area contributed by atoms with Crippen LogP contribution in [-0.4, -0.2) is 38.9 Å². The molecule has 1 N–H and O–H groups in total. The van der Waals surface area contributed by atoms with Gasteiger partial charge in [0.1, 0.15) is 0 Å². The summed E-state index contributed by atoms with van der Waals surface area (Å²) in [7, 11) is -3.31. The van der Waals surface area contributed by atoms with Crippen LogP contribution in [0.4, 0.5) is 0 Å². The number of sulfonamides is 1. The molecule has 21 heavy (non-hydrogen) atoms. The highest BCUT2D eigenvalue weighted by Crippen LogP contribution is 2.32. The third kappa shape index (κ3) is 2.31. The van der Waals surface area contributed by atoms with Crippen molar-refractivity contribution in [2.45, 2.75) is 30.6 Å². The summed E-state index contributed by atoms with van der Waals surface area (Å²) in [6.07, 6.45) is 4.51. The fraction of sp³-hybridized carbons (Fsp3) is 0.625. The number of hydrogen-bond acceptors (Lipinski definition) is 3. The smallest absolute Gasteiger partial charge is 0.243 e. The molecule has 0 aromatic heterocycles. The van der Waals surface area contributed by atoms with Gasteiger partial charge in [0.2, 0.25) is 10.0 Å². The van der Waals surface area contributed by atoms with Crippen LogP contribution in [0.25, 0.3) is 0 Å². The third-order valence-corrected chi connectivity index (χ3v) is 7.14. The molecule has 4 rings (SSSR count). The lowest BCUT2D eigenvalue weighted by molar-refractivity contribution is 0.448. The van der Waals surface area contributed by atoms with E-state index in [-0.39, 0.29) is 0 Å². The maximum Gasteiger partial charge on any atom is 0.243 e. The largest absolute Gasteiger partial charge is 0.316 e. The fourth-order valence-corrected chi connectivity index (χ4v) is 5.63. The summed E-state index contributed by atoms with van der Waals surface area (Å²) < 4.78 is 27.4. The van der Waals surface area contributed by atoms with Crippen LogP contribution >= 0.6 is 0 Å². The van der Waals surface area contributed by atoms with Gasteiger partial charge >= 0.3 is 0 Å². The molecule has 1 aromatic rings. The maximum absolute atomic E-state index is 12.9. The molecule has 2 unspecified atom stereocenters. The lowest BCUT2D eigenvalue weighted by Gasteiger charge is -2.20. The number of nitrogens with zero attached hydrogens (tertiary/aromatic N) is 1. The van der Waals surface area contributed by atoms with Crippen LogP contribution in [0.1, 0.15) is 24.0 Å². The molecule has 2 aliphatic heterocycles. The average Bonchev–Trinajstić information content (AvgIpc) is 3.08. The van der Waals surface area contributed by atoms with Crippen molar-refractivity contribution in [1.82, 2.24) is 9.62 Å². The zero-order valence-electron chi connectivity index (χ0n) is 12.2. The van der Waals surface area contributed by atoms with E-state index >= 15 is 0 Å². The molecule has 2 heterocycles. The molecule has 2 saturated heterocycles. The molecule has 3 aliphatic rings. The van der Waals surface area contributed by atoms with Gasteiger partial charge in [-0.25, -0.2) is 8.42 Å². The highest BCUT2D eigenvalue weighted by atomic mass is 32.2. The van der Waals surface area contributed by atoms with Crippen LogP contribution in [0.5, 0.6) is 0 Å². The number of aryl methyl sites for hydroxylation is 2. The van der Waals surface area contributed by atoms with Gasteiger partial charge in [0.05, 0.1) is 4.90 Å². The Labute approximate surface area is 126 Å². The van der Waals surface area contributed by atoms with E-state index in [9.17, 15) is 8.42 Å². The standard InChI is InChI=1S/C16H22N2O2S/c19-21(20,18-10-14-8-17-9-15(14)11-18)16-6-5-12-3-1-2-4-13(12)7-16/h5-7,14-15,17H,1-4,8-11H2. The minimum Gasteiger partial charge on any atom is -0.316 e. The quantitative estimate of drug-likeness (QED) is 0.899. The molecule has 1 aromatic carbocycles. The Bertz CT molecular complexity index is 644. The summed E-state index contributed by atoms with van der Waals surface area (Å²) in [5, 5.41) is 3.36. The van der Waals surface area contributed by atoms with Crippen molar-refractivity contribution in [3.63, 3.8) is 0 Å². The first-order valence-electron chi connectivity index (χ1n) is 7.97. The summed E-state index contributed by atoms with van der Waals surface area (Å²) in [6.45, 7) is 3.27. The topological polar surface area (TPSA) is 49.4 Å². The van der Waals surface area contributed by atoms with Crippen LogP contribution in [-0.2, 0) is 22.9 Å². The molecule has 0 radical (unpaired) electrons. The van der Waals surface area contributed by atoms with Crippen molar-refractivity contribution in [1.29, 1.82) is 0 Å². The van der Waals surface area contributed by atoms with Gasteiger partial charge in [-0.3, -0.25) is 0 Å². The second-order valence-electron chi connectivity index (χ2n) is 6.64. The Kier molecular flexibility index (Phi) is 3.32. The lowest BCUT2D eigenvalue weighted by atomic mass is 9.92. The van der Waals surface area contributed by atoms with Crippen LogP contribution < -0.4 is 5.32 Å². The summed E-state index contributed by atoms with van der Waals surface area (Å²) in [5.41, 5.74) is 2.58. The Balaban J connectivity index is 1.63. The van der Waals surface area contributed by atoms with Crippen LogP contribution in [0, 0.1) is 11.8 Å². The van der Waals surface area contributed by atoms with E-state index in [1.807, 2.05) is 18.2 Å². The Morgan fingerprint density at radius 1 is 1.00 bits per heavy atom. The Morgan fingerprint density at radius 2 is 1.67 bits per heavy atom. The van der Waals surface area contributed by atoms with Crippen LogP contribution in [0.15, 0.2) is 23.1 Å². The second-order valence-corrected chi connectivity index (χ2v) is 8.58. The van der Waals surface area contributed by atoms with Gasteiger partial charge < -0.3 is 5.32 Å². The van der Waals surface area contributed by atoms with E-state index < -0.39 is 10.0 Å². The summed E-state index contributed by atoms with van der Waals surface area (Å²) in [4.78, 5) is 0.496. The van der Waals surface area contributed by atoms with Gasteiger partial charge in [0.25, 0.3) is 0 Å². The predicted octanol–water partition coefficient (Wildman–Crippen LogP) is 1.41. The second kappa shape index (κ2) is 5.07. The maximum atomic E-state index is 12.9. The SMILES string of the molecule is O=S(=O)(c1ccc2c(c1)CCCC2)N1CC2CNCC2C1. The van der Waals surface area contributed by atoms with Crippen LogP contribution in [0.3, 0.4) is 0 Å². The first kappa shape index (κ1) is 13.7. The molecule has 5 heteroatoms. The van der Waals surface area contributed by atoms with Crippen molar-refractivity contribution in [2.24, 2.45) is 11.8 Å². The van der Waals surface area contributed by atoms with Gasteiger partial charge in [-0.15, -0.1) is 0 Å². The molecule has 0 bridgehead atoms. The number of fused-ring (bicyclic) bond motifs is 2. The van der Waals surface area contributed by atoms with Gasteiger partial charge in [0, 0.05) is 13.1 Å². The Morgan fingerprint density at radius 3 is 2.38 bits per heavy atom. The van der Waals surface area contributed by atoms with Gasteiger partial charge in [-0.2, -0.15) is 4.31 Å². The average molecular weight is 306 g/mol. The van der Waals surface area contributed by atoms with Crippen molar-refractivity contribution in [3.05, 3.63) is 29.3 Å². The molecular weight excluding hydrogens is 284 g/mol. The zero-order valence-corrected chi connectivity index (χ0v) is 13.0. The molecule has 0 saturated carbocycles. The summed E-state index contributed by atoms with van der Waals surface area (Å²) >= 11 is 0. The monoisotopic (exact) mass is 306 g/mol. The minimum atomic E-state index is -3.31. The van der Waals surface area contributed by atoms with Crippen molar-refractivity contribution in [3.8, 4) is 0 Å². The predicted molar refractivity (Wildman–Crippen MR) is 81.7 cm³/mol. The molecule has 1 aliphatic carbocycles. The highest BCUT2D eigenvalue weighted by molar-refractivity contribution is 7.89. The molecular formula is C16H22N2O2S. The van der Waals surface area contributed by atoms with Crippen molar-refractivity contribution >= 4 is 10.0 Å². The van der Waals surface area contributed by atoms with E-state index in [2.05, 4.69) is 5.32 Å². The van der Waals surface area contributed by atoms with E-state index in [0.717, 1.165) is 25.9 Å². The van der Waals surface area contributed by atoms with Crippen LogP contribution in [0.2, 0.25) is 0 Å². The fourth-order valence-electron chi connectivity index (χ4n) is 4.03. The number of rotatable bonds is 2. The van der Waals surface area contributed by atoms with E-state index in [0.29, 0.717) is 29.8 Å². The molecule has 0 amide bonds. The highest BCUT2D eigenvalue weighted by Gasteiger charge is 2.41. The van der Waals surface area contributed by atoms with Gasteiger partial charge in [0.15, 0.2) is 0 Å². The Hall–Kier alpha value is -0.910. The minimum absolute atomic E-state index is 0.496. The molecule has 2 atom stereocenters. The molecule has 4 nitrogen and oxygen atoms in total. The normalized spacial score (nSPS) is 29.3. The van der Waals surface area contributed by atoms with Gasteiger partial charge in [-0.1, -0.05) is 6.07 Å². The lowest BCUT2D eigenvalue weighted by Crippen LogP contribution is -2.32. The molecule has 0 spiro atoms. The van der Waals surface area contributed by atoms with Gasteiger partial charge in [-0.05, 0) is 73.9 Å².